The van der Waals surface area contributed by atoms with Gasteiger partial charge in [-0.15, -0.1) is 11.8 Å². The molecule has 2 N–H and O–H groups in total. The van der Waals surface area contributed by atoms with Crippen molar-refractivity contribution < 1.29 is 9.59 Å². The summed E-state index contributed by atoms with van der Waals surface area (Å²) in [4.78, 5) is 23.9. The van der Waals surface area contributed by atoms with Crippen LogP contribution in [-0.4, -0.2) is 33.8 Å². The number of β-lactam (4-membered cyclic amide) rings is 1. The molecule has 2 atom stereocenters. The molecule has 5 heteroatoms. The van der Waals surface area contributed by atoms with Crippen LogP contribution in [0.2, 0.25) is 0 Å². The fourth-order valence-corrected chi connectivity index (χ4v) is 2.70. The SMILES string of the molecule is CC(=O)C1=CCSC2C(N)C(=O)N12. The van der Waals surface area contributed by atoms with Crippen LogP contribution in [0.25, 0.3) is 0 Å². The van der Waals surface area contributed by atoms with E-state index in [2.05, 4.69) is 0 Å². The Labute approximate surface area is 80.1 Å². The number of carbonyl (C=O) groups is 2. The molecule has 1 saturated heterocycles. The lowest BCUT2D eigenvalue weighted by molar-refractivity contribution is -0.143. The normalized spacial score (nSPS) is 32.0. The van der Waals surface area contributed by atoms with E-state index in [1.54, 1.807) is 17.8 Å². The maximum Gasteiger partial charge on any atom is 0.248 e. The zero-order chi connectivity index (χ0) is 9.59. The van der Waals surface area contributed by atoms with E-state index < -0.39 is 6.04 Å². The number of carbonyl (C=O) groups excluding carboxylic acids is 2. The van der Waals surface area contributed by atoms with Crippen molar-refractivity contribution in [1.82, 2.24) is 4.90 Å². The fraction of sp³-hybridized carbons (Fsp3) is 0.500. The predicted octanol–water partition coefficient (Wildman–Crippen LogP) is -0.298. The van der Waals surface area contributed by atoms with Crippen molar-refractivity contribution in [3.8, 4) is 0 Å². The van der Waals surface area contributed by atoms with Gasteiger partial charge in [-0.05, 0) is 6.08 Å². The molecule has 0 radical (unpaired) electrons. The molecule has 0 aromatic heterocycles. The Morgan fingerprint density at radius 2 is 2.46 bits per heavy atom. The van der Waals surface area contributed by atoms with E-state index in [4.69, 9.17) is 5.73 Å². The minimum absolute atomic E-state index is 0.0172. The molecular formula is C8H10N2O2S. The van der Waals surface area contributed by atoms with Gasteiger partial charge < -0.3 is 5.73 Å². The van der Waals surface area contributed by atoms with Gasteiger partial charge in [-0.1, -0.05) is 0 Å². The number of rotatable bonds is 1. The lowest BCUT2D eigenvalue weighted by Crippen LogP contribution is -2.67. The zero-order valence-electron chi connectivity index (χ0n) is 7.19. The number of nitrogens with two attached hydrogens (primary N) is 1. The highest BCUT2D eigenvalue weighted by molar-refractivity contribution is 8.00. The minimum atomic E-state index is -0.423. The van der Waals surface area contributed by atoms with E-state index in [-0.39, 0.29) is 17.1 Å². The molecule has 1 fully saturated rings. The molecule has 2 rings (SSSR count). The van der Waals surface area contributed by atoms with Crippen molar-refractivity contribution in [2.24, 2.45) is 5.73 Å². The average Bonchev–Trinajstić information content (AvgIpc) is 2.15. The topological polar surface area (TPSA) is 63.4 Å². The second-order valence-electron chi connectivity index (χ2n) is 3.10. The molecule has 0 bridgehead atoms. The molecule has 13 heavy (non-hydrogen) atoms. The number of hydrogen-bond acceptors (Lipinski definition) is 4. The van der Waals surface area contributed by atoms with Crippen LogP contribution in [0, 0.1) is 0 Å². The van der Waals surface area contributed by atoms with Crippen molar-refractivity contribution in [2.45, 2.75) is 18.3 Å². The molecule has 0 aliphatic carbocycles. The van der Waals surface area contributed by atoms with Crippen molar-refractivity contribution in [3.63, 3.8) is 0 Å². The number of hydrogen-bond donors (Lipinski definition) is 1. The lowest BCUT2D eigenvalue weighted by atomic mass is 10.1. The van der Waals surface area contributed by atoms with Crippen LogP contribution < -0.4 is 5.73 Å². The van der Waals surface area contributed by atoms with Crippen LogP contribution in [0.15, 0.2) is 11.8 Å². The maximum atomic E-state index is 11.3. The Morgan fingerprint density at radius 1 is 1.77 bits per heavy atom. The highest BCUT2D eigenvalue weighted by atomic mass is 32.2. The van der Waals surface area contributed by atoms with E-state index in [0.29, 0.717) is 5.70 Å². The third-order valence-corrected chi connectivity index (χ3v) is 3.45. The first kappa shape index (κ1) is 8.77. The summed E-state index contributed by atoms with van der Waals surface area (Å²) in [6, 6.07) is -0.423. The first-order chi connectivity index (χ1) is 6.13. The van der Waals surface area contributed by atoms with E-state index in [1.807, 2.05) is 0 Å². The minimum Gasteiger partial charge on any atom is -0.317 e. The Morgan fingerprint density at radius 3 is 3.08 bits per heavy atom. The molecule has 2 aliphatic rings. The standard InChI is InChI=1S/C8H10N2O2S/c1-4(11)5-2-3-13-8-6(9)7(12)10(5)8/h2,6,8H,3,9H2,1H3. The monoisotopic (exact) mass is 198 g/mol. The molecule has 2 unspecified atom stereocenters. The Bertz CT molecular complexity index is 313. The average molecular weight is 198 g/mol. The number of nitrogens with zero attached hydrogens (tertiary/aromatic N) is 1. The summed E-state index contributed by atoms with van der Waals surface area (Å²) in [5.74, 6) is 0.557. The molecule has 70 valence electrons. The van der Waals surface area contributed by atoms with Crippen molar-refractivity contribution in [3.05, 3.63) is 11.8 Å². The number of fused-ring (bicyclic) bond motifs is 1. The predicted molar refractivity (Wildman–Crippen MR) is 49.8 cm³/mol. The zero-order valence-corrected chi connectivity index (χ0v) is 8.00. The number of amides is 1. The van der Waals surface area contributed by atoms with E-state index in [0.717, 1.165) is 5.75 Å². The van der Waals surface area contributed by atoms with Crippen LogP contribution in [-0.2, 0) is 9.59 Å². The van der Waals surface area contributed by atoms with Crippen LogP contribution in [0.5, 0.6) is 0 Å². The Hall–Kier alpha value is -0.810. The summed E-state index contributed by atoms with van der Waals surface area (Å²) >= 11 is 1.60. The summed E-state index contributed by atoms with van der Waals surface area (Å²) in [5.41, 5.74) is 6.10. The second-order valence-corrected chi connectivity index (χ2v) is 4.25. The van der Waals surface area contributed by atoms with Crippen LogP contribution in [0.1, 0.15) is 6.92 Å². The molecule has 2 aliphatic heterocycles. The fourth-order valence-electron chi connectivity index (χ4n) is 1.56. The van der Waals surface area contributed by atoms with Crippen LogP contribution >= 0.6 is 11.8 Å². The number of ketones is 1. The summed E-state index contributed by atoms with van der Waals surface area (Å²) in [5, 5.41) is -0.0172. The van der Waals surface area contributed by atoms with Gasteiger partial charge in [0.1, 0.15) is 11.4 Å². The van der Waals surface area contributed by atoms with E-state index in [9.17, 15) is 9.59 Å². The summed E-state index contributed by atoms with van der Waals surface area (Å²) in [6.45, 7) is 1.47. The van der Waals surface area contributed by atoms with Gasteiger partial charge in [0.25, 0.3) is 0 Å². The lowest BCUT2D eigenvalue weighted by Gasteiger charge is -2.47. The maximum absolute atomic E-state index is 11.3. The van der Waals surface area contributed by atoms with Crippen LogP contribution in [0.4, 0.5) is 0 Å². The van der Waals surface area contributed by atoms with Crippen LogP contribution in [0.3, 0.4) is 0 Å². The molecule has 2 heterocycles. The van der Waals surface area contributed by atoms with Crippen molar-refractivity contribution in [1.29, 1.82) is 0 Å². The van der Waals surface area contributed by atoms with Gasteiger partial charge in [0, 0.05) is 12.7 Å². The molecule has 0 spiro atoms. The van der Waals surface area contributed by atoms with Crippen molar-refractivity contribution >= 4 is 23.5 Å². The van der Waals surface area contributed by atoms with Gasteiger partial charge in [0.05, 0.1) is 5.70 Å². The summed E-state index contributed by atoms with van der Waals surface area (Å²) in [6.07, 6.45) is 1.78. The first-order valence-corrected chi connectivity index (χ1v) is 5.09. The van der Waals surface area contributed by atoms with Crippen molar-refractivity contribution in [2.75, 3.05) is 5.75 Å². The highest BCUT2D eigenvalue weighted by Crippen LogP contribution is 2.36. The molecule has 1 amide bonds. The van der Waals surface area contributed by atoms with Gasteiger partial charge >= 0.3 is 0 Å². The van der Waals surface area contributed by atoms with Gasteiger partial charge in [-0.2, -0.15) is 0 Å². The Kier molecular flexibility index (Phi) is 1.92. The second kappa shape index (κ2) is 2.85. The summed E-state index contributed by atoms with van der Waals surface area (Å²) < 4.78 is 0. The number of allylic oxidation sites excluding steroid dienone is 1. The smallest absolute Gasteiger partial charge is 0.248 e. The summed E-state index contributed by atoms with van der Waals surface area (Å²) in [7, 11) is 0. The van der Waals surface area contributed by atoms with Gasteiger partial charge in [-0.25, -0.2) is 0 Å². The first-order valence-electron chi connectivity index (χ1n) is 4.04. The quantitative estimate of drug-likeness (QED) is 0.588. The molecule has 0 aromatic carbocycles. The van der Waals surface area contributed by atoms with Gasteiger partial charge in [0.15, 0.2) is 5.78 Å². The molecule has 4 nitrogen and oxygen atoms in total. The number of thioether (sulfide) groups is 1. The molecule has 0 aromatic rings. The van der Waals surface area contributed by atoms with E-state index in [1.165, 1.54) is 11.8 Å². The third kappa shape index (κ3) is 1.11. The molecular weight excluding hydrogens is 188 g/mol. The highest BCUT2D eigenvalue weighted by Gasteiger charge is 2.49. The van der Waals surface area contributed by atoms with E-state index >= 15 is 0 Å². The largest absolute Gasteiger partial charge is 0.317 e. The van der Waals surface area contributed by atoms with Gasteiger partial charge in [0.2, 0.25) is 5.91 Å². The molecule has 0 saturated carbocycles. The third-order valence-electron chi connectivity index (χ3n) is 2.25. The Balaban J connectivity index is 2.27. The number of Topliss-reactive ketones (excluding diaryl/α,β-unsaturated/α-hetero) is 1. The van der Waals surface area contributed by atoms with Gasteiger partial charge in [-0.3, -0.25) is 14.5 Å².